The highest BCUT2D eigenvalue weighted by molar-refractivity contribution is 9.10. The number of carboxylic acid groups (broad SMARTS) is 1. The lowest BCUT2D eigenvalue weighted by atomic mass is 9.91. The van der Waals surface area contributed by atoms with Gasteiger partial charge >= 0.3 is 5.97 Å². The van der Waals surface area contributed by atoms with Crippen LogP contribution in [0.1, 0.15) is 41.7 Å². The normalized spacial score (nSPS) is 11.7. The summed E-state index contributed by atoms with van der Waals surface area (Å²) >= 11 is 4.67. The number of aryl methyl sites for hydroxylation is 1. The van der Waals surface area contributed by atoms with Crippen molar-refractivity contribution >= 4 is 33.2 Å². The number of rotatable bonds is 2. The Morgan fingerprint density at radius 2 is 2.00 bits per heavy atom. The molecule has 0 bridgehead atoms. The van der Waals surface area contributed by atoms with E-state index in [9.17, 15) is 9.90 Å². The maximum absolute atomic E-state index is 11.4. The van der Waals surface area contributed by atoms with Crippen molar-refractivity contribution in [1.82, 2.24) is 4.98 Å². The second kappa shape index (κ2) is 5.30. The highest BCUT2D eigenvalue weighted by Gasteiger charge is 2.27. The molecule has 2 rings (SSSR count). The van der Waals surface area contributed by atoms with E-state index in [2.05, 4.69) is 20.9 Å². The molecule has 0 saturated carbocycles. The molecular formula is C15H16BrNO2S. The van der Waals surface area contributed by atoms with Crippen molar-refractivity contribution in [3.05, 3.63) is 38.8 Å². The molecule has 0 fully saturated rings. The Bertz CT molecular complexity index is 671. The van der Waals surface area contributed by atoms with Crippen LogP contribution < -0.4 is 0 Å². The zero-order valence-electron chi connectivity index (χ0n) is 11.8. The molecule has 0 radical (unpaired) electrons. The summed E-state index contributed by atoms with van der Waals surface area (Å²) in [5, 5.41) is 10.1. The summed E-state index contributed by atoms with van der Waals surface area (Å²) in [5.41, 5.74) is 2.42. The number of benzene rings is 1. The van der Waals surface area contributed by atoms with Crippen LogP contribution in [0.3, 0.4) is 0 Å². The van der Waals surface area contributed by atoms with Gasteiger partial charge in [-0.2, -0.15) is 0 Å². The number of aromatic nitrogens is 1. The molecule has 0 atom stereocenters. The van der Waals surface area contributed by atoms with Gasteiger partial charge in [-0.3, -0.25) is 0 Å². The molecule has 1 N–H and O–H groups in total. The molecule has 0 aliphatic carbocycles. The van der Waals surface area contributed by atoms with Crippen LogP contribution >= 0.6 is 27.3 Å². The largest absolute Gasteiger partial charge is 0.477 e. The van der Waals surface area contributed by atoms with E-state index in [1.165, 1.54) is 11.3 Å². The van der Waals surface area contributed by atoms with Crippen LogP contribution in [-0.2, 0) is 5.41 Å². The Hall–Kier alpha value is -1.20. The average Bonchev–Trinajstić information content (AvgIpc) is 2.73. The van der Waals surface area contributed by atoms with Crippen molar-refractivity contribution in [3.63, 3.8) is 0 Å². The highest BCUT2D eigenvalue weighted by Crippen LogP contribution is 2.36. The molecule has 106 valence electrons. The van der Waals surface area contributed by atoms with Gasteiger partial charge in [-0.1, -0.05) is 42.8 Å². The van der Waals surface area contributed by atoms with Gasteiger partial charge in [0, 0.05) is 15.5 Å². The zero-order valence-corrected chi connectivity index (χ0v) is 14.2. The zero-order chi connectivity index (χ0) is 15.1. The summed E-state index contributed by atoms with van der Waals surface area (Å²) in [5.74, 6) is -0.909. The second-order valence-corrected chi connectivity index (χ2v) is 7.63. The quantitative estimate of drug-likeness (QED) is 0.837. The van der Waals surface area contributed by atoms with Gasteiger partial charge < -0.3 is 5.11 Å². The number of hydrogen-bond donors (Lipinski definition) is 1. The van der Waals surface area contributed by atoms with Crippen LogP contribution in [0.5, 0.6) is 0 Å². The second-order valence-electron chi connectivity index (χ2n) is 5.71. The Balaban J connectivity index is 2.62. The van der Waals surface area contributed by atoms with Crippen molar-refractivity contribution in [3.8, 4) is 10.6 Å². The lowest BCUT2D eigenvalue weighted by molar-refractivity contribution is 0.0699. The fourth-order valence-corrected chi connectivity index (χ4v) is 3.64. The van der Waals surface area contributed by atoms with Crippen molar-refractivity contribution in [1.29, 1.82) is 0 Å². The standard InChI is InChI=1S/C15H16BrNO2S/c1-8-7-9(16)5-6-10(8)13-17-12(15(2,3)4)11(20-13)14(18)19/h5-7H,1-4H3,(H,18,19). The van der Waals surface area contributed by atoms with Gasteiger partial charge in [0.25, 0.3) is 0 Å². The maximum Gasteiger partial charge on any atom is 0.347 e. The molecule has 0 aliphatic rings. The minimum atomic E-state index is -0.909. The molecule has 0 saturated heterocycles. The average molecular weight is 354 g/mol. The van der Waals surface area contributed by atoms with E-state index < -0.39 is 5.97 Å². The Kier molecular flexibility index (Phi) is 4.02. The monoisotopic (exact) mass is 353 g/mol. The van der Waals surface area contributed by atoms with Crippen LogP contribution in [0.15, 0.2) is 22.7 Å². The minimum Gasteiger partial charge on any atom is -0.477 e. The lowest BCUT2D eigenvalue weighted by Crippen LogP contribution is -2.16. The molecule has 20 heavy (non-hydrogen) atoms. The van der Waals surface area contributed by atoms with Gasteiger partial charge in [-0.05, 0) is 24.6 Å². The Morgan fingerprint density at radius 3 is 2.45 bits per heavy atom. The minimum absolute atomic E-state index is 0.286. The summed E-state index contributed by atoms with van der Waals surface area (Å²) in [7, 11) is 0. The predicted octanol–water partition coefficient (Wildman–Crippen LogP) is 4.88. The topological polar surface area (TPSA) is 50.2 Å². The fourth-order valence-electron chi connectivity index (χ4n) is 1.96. The Labute approximate surface area is 130 Å². The molecule has 1 aromatic heterocycles. The molecule has 3 nitrogen and oxygen atoms in total. The van der Waals surface area contributed by atoms with Crippen LogP contribution in [0.2, 0.25) is 0 Å². The molecule has 0 spiro atoms. The van der Waals surface area contributed by atoms with Gasteiger partial charge in [-0.25, -0.2) is 9.78 Å². The van der Waals surface area contributed by atoms with Crippen molar-refractivity contribution in [2.24, 2.45) is 0 Å². The third-order valence-corrected chi connectivity index (χ3v) is 4.52. The van der Waals surface area contributed by atoms with E-state index in [-0.39, 0.29) is 5.41 Å². The summed E-state index contributed by atoms with van der Waals surface area (Å²) in [4.78, 5) is 16.3. The van der Waals surface area contributed by atoms with Gasteiger partial charge in [0.05, 0.1) is 5.69 Å². The predicted molar refractivity (Wildman–Crippen MR) is 85.6 cm³/mol. The number of halogens is 1. The third kappa shape index (κ3) is 2.94. The summed E-state index contributed by atoms with van der Waals surface area (Å²) in [6.45, 7) is 7.94. The first-order chi connectivity index (χ1) is 9.20. The number of hydrogen-bond acceptors (Lipinski definition) is 3. The van der Waals surface area contributed by atoms with Crippen molar-refractivity contribution < 1.29 is 9.90 Å². The van der Waals surface area contributed by atoms with Crippen molar-refractivity contribution in [2.75, 3.05) is 0 Å². The van der Waals surface area contributed by atoms with Gasteiger partial charge in [-0.15, -0.1) is 11.3 Å². The van der Waals surface area contributed by atoms with Crippen LogP contribution in [-0.4, -0.2) is 16.1 Å². The summed E-state index contributed by atoms with van der Waals surface area (Å²) in [6.07, 6.45) is 0. The first-order valence-corrected chi connectivity index (χ1v) is 7.82. The first-order valence-electron chi connectivity index (χ1n) is 6.21. The maximum atomic E-state index is 11.4. The van der Waals surface area contributed by atoms with E-state index in [1.54, 1.807) is 0 Å². The van der Waals surface area contributed by atoms with E-state index in [0.29, 0.717) is 10.6 Å². The number of nitrogens with zero attached hydrogens (tertiary/aromatic N) is 1. The number of aromatic carboxylic acids is 1. The van der Waals surface area contributed by atoms with E-state index in [1.807, 2.05) is 45.9 Å². The van der Waals surface area contributed by atoms with Crippen LogP contribution in [0, 0.1) is 6.92 Å². The lowest BCUT2D eigenvalue weighted by Gasteiger charge is -2.16. The SMILES string of the molecule is Cc1cc(Br)ccc1-c1nc(C(C)(C)C)c(C(=O)O)s1. The van der Waals surface area contributed by atoms with Crippen LogP contribution in [0.4, 0.5) is 0 Å². The van der Waals surface area contributed by atoms with E-state index in [0.717, 1.165) is 20.6 Å². The highest BCUT2D eigenvalue weighted by atomic mass is 79.9. The molecule has 0 amide bonds. The molecule has 1 aromatic carbocycles. The van der Waals surface area contributed by atoms with Crippen molar-refractivity contribution in [2.45, 2.75) is 33.1 Å². The third-order valence-electron chi connectivity index (χ3n) is 2.95. The number of carboxylic acids is 1. The van der Waals surface area contributed by atoms with Crippen LogP contribution in [0.25, 0.3) is 10.6 Å². The first kappa shape index (κ1) is 15.2. The molecule has 1 heterocycles. The fraction of sp³-hybridized carbons (Fsp3) is 0.333. The molecule has 0 unspecified atom stereocenters. The van der Waals surface area contributed by atoms with Gasteiger partial charge in [0.15, 0.2) is 0 Å². The number of thiazole rings is 1. The molecule has 5 heteroatoms. The smallest absolute Gasteiger partial charge is 0.347 e. The molecule has 0 aliphatic heterocycles. The molecular weight excluding hydrogens is 338 g/mol. The Morgan fingerprint density at radius 1 is 1.35 bits per heavy atom. The van der Waals surface area contributed by atoms with Gasteiger partial charge in [0.2, 0.25) is 0 Å². The number of carbonyl (C=O) groups is 1. The summed E-state index contributed by atoms with van der Waals surface area (Å²) in [6, 6.07) is 5.92. The summed E-state index contributed by atoms with van der Waals surface area (Å²) < 4.78 is 1.00. The van der Waals surface area contributed by atoms with Gasteiger partial charge in [0.1, 0.15) is 9.88 Å². The van der Waals surface area contributed by atoms with E-state index >= 15 is 0 Å². The van der Waals surface area contributed by atoms with E-state index in [4.69, 9.17) is 0 Å². The molecule has 2 aromatic rings.